The van der Waals surface area contributed by atoms with Crippen LogP contribution in [0.2, 0.25) is 0 Å². The quantitative estimate of drug-likeness (QED) is 0.232. The number of hydrogen-bond acceptors (Lipinski definition) is 7. The molecule has 13 nitrogen and oxygen atoms in total. The number of primary amides is 1. The van der Waals surface area contributed by atoms with Gasteiger partial charge in [0.2, 0.25) is 35.4 Å². The molecule has 13 heteroatoms. The summed E-state index contributed by atoms with van der Waals surface area (Å²) in [6, 6.07) is -3.32. The molecule has 2 heterocycles. The SMILES string of the molecule is C[C@H](NC(=O)[C@@H]1CCCN1C(=O)CN)C(=O)N[C@@H](C)C(=O)N1CCC[C@H]1C(=O)NCC(N)=O. The molecule has 2 saturated heterocycles. The summed E-state index contributed by atoms with van der Waals surface area (Å²) < 4.78 is 0. The molecule has 0 unspecified atom stereocenters. The highest BCUT2D eigenvalue weighted by Crippen LogP contribution is 2.19. The first-order valence-electron chi connectivity index (χ1n) is 11.0. The third-order valence-electron chi connectivity index (χ3n) is 5.81. The molecule has 0 radical (unpaired) electrons. The number of carbonyl (C=O) groups excluding carboxylic acids is 6. The van der Waals surface area contributed by atoms with Crippen LogP contribution in [0.3, 0.4) is 0 Å². The Labute approximate surface area is 191 Å². The monoisotopic (exact) mass is 467 g/mol. The van der Waals surface area contributed by atoms with E-state index in [-0.39, 0.29) is 19.0 Å². The molecule has 0 spiro atoms. The zero-order valence-electron chi connectivity index (χ0n) is 19.0. The van der Waals surface area contributed by atoms with Gasteiger partial charge < -0.3 is 37.2 Å². The maximum Gasteiger partial charge on any atom is 0.245 e. The fraction of sp³-hybridized carbons (Fsp3) is 0.700. The largest absolute Gasteiger partial charge is 0.368 e. The molecule has 2 rings (SSSR count). The molecule has 2 aliphatic heterocycles. The van der Waals surface area contributed by atoms with Crippen molar-refractivity contribution in [3.05, 3.63) is 0 Å². The van der Waals surface area contributed by atoms with Crippen LogP contribution in [0.15, 0.2) is 0 Å². The first kappa shape index (κ1) is 26.0. The van der Waals surface area contributed by atoms with Crippen LogP contribution in [-0.2, 0) is 28.8 Å². The number of amides is 6. The van der Waals surface area contributed by atoms with Crippen LogP contribution in [0.5, 0.6) is 0 Å². The number of nitrogens with one attached hydrogen (secondary N) is 3. The molecular weight excluding hydrogens is 434 g/mol. The van der Waals surface area contributed by atoms with Gasteiger partial charge in [-0.2, -0.15) is 0 Å². The maximum atomic E-state index is 12.8. The van der Waals surface area contributed by atoms with Gasteiger partial charge in [0.15, 0.2) is 0 Å². The molecule has 0 aromatic carbocycles. The Hall–Kier alpha value is -3.22. The zero-order valence-corrected chi connectivity index (χ0v) is 19.0. The number of nitrogens with two attached hydrogens (primary N) is 2. The fourth-order valence-corrected chi connectivity index (χ4v) is 4.07. The molecule has 4 atom stereocenters. The van der Waals surface area contributed by atoms with Gasteiger partial charge in [-0.25, -0.2) is 0 Å². The molecule has 33 heavy (non-hydrogen) atoms. The predicted molar refractivity (Wildman–Crippen MR) is 116 cm³/mol. The summed E-state index contributed by atoms with van der Waals surface area (Å²) in [6.07, 6.45) is 2.19. The summed E-state index contributed by atoms with van der Waals surface area (Å²) in [4.78, 5) is 75.8. The van der Waals surface area contributed by atoms with Crippen molar-refractivity contribution in [1.82, 2.24) is 25.8 Å². The van der Waals surface area contributed by atoms with Crippen molar-refractivity contribution >= 4 is 35.4 Å². The van der Waals surface area contributed by atoms with Gasteiger partial charge in [0.1, 0.15) is 24.2 Å². The second-order valence-electron chi connectivity index (χ2n) is 8.28. The minimum atomic E-state index is -0.948. The van der Waals surface area contributed by atoms with Crippen LogP contribution in [0.4, 0.5) is 0 Å². The van der Waals surface area contributed by atoms with Crippen molar-refractivity contribution in [3.8, 4) is 0 Å². The van der Waals surface area contributed by atoms with E-state index >= 15 is 0 Å². The third kappa shape index (κ3) is 6.63. The Bertz CT molecular complexity index is 804. The van der Waals surface area contributed by atoms with Crippen molar-refractivity contribution < 1.29 is 28.8 Å². The lowest BCUT2D eigenvalue weighted by molar-refractivity contribution is -0.142. The van der Waals surface area contributed by atoms with Crippen molar-refractivity contribution in [2.45, 2.75) is 63.7 Å². The van der Waals surface area contributed by atoms with Gasteiger partial charge in [0, 0.05) is 13.1 Å². The Kier molecular flexibility index (Phi) is 9.14. The van der Waals surface area contributed by atoms with Gasteiger partial charge in [-0.1, -0.05) is 0 Å². The van der Waals surface area contributed by atoms with Gasteiger partial charge in [-0.05, 0) is 39.5 Å². The first-order valence-corrected chi connectivity index (χ1v) is 11.0. The van der Waals surface area contributed by atoms with Crippen LogP contribution in [0.1, 0.15) is 39.5 Å². The van der Waals surface area contributed by atoms with E-state index in [1.807, 2.05) is 0 Å². The topological polar surface area (TPSA) is 197 Å². The van der Waals surface area contributed by atoms with Crippen molar-refractivity contribution in [2.75, 3.05) is 26.2 Å². The second kappa shape index (κ2) is 11.6. The van der Waals surface area contributed by atoms with Crippen molar-refractivity contribution in [2.24, 2.45) is 11.5 Å². The minimum Gasteiger partial charge on any atom is -0.368 e. The molecule has 184 valence electrons. The summed E-state index contributed by atoms with van der Waals surface area (Å²) in [7, 11) is 0. The van der Waals surface area contributed by atoms with Gasteiger partial charge >= 0.3 is 0 Å². The Morgan fingerprint density at radius 1 is 0.879 bits per heavy atom. The van der Waals surface area contributed by atoms with E-state index in [4.69, 9.17) is 11.5 Å². The number of nitrogens with zero attached hydrogens (tertiary/aromatic N) is 2. The van der Waals surface area contributed by atoms with E-state index in [9.17, 15) is 28.8 Å². The maximum absolute atomic E-state index is 12.8. The zero-order chi connectivity index (χ0) is 24.7. The average Bonchev–Trinajstić information content (AvgIpc) is 3.46. The van der Waals surface area contributed by atoms with Crippen LogP contribution >= 0.6 is 0 Å². The smallest absolute Gasteiger partial charge is 0.245 e. The molecule has 0 aromatic heterocycles. The lowest BCUT2D eigenvalue weighted by Crippen LogP contribution is -2.57. The molecule has 6 amide bonds. The van der Waals surface area contributed by atoms with Gasteiger partial charge in [0.05, 0.1) is 13.1 Å². The van der Waals surface area contributed by atoms with E-state index in [1.54, 1.807) is 0 Å². The van der Waals surface area contributed by atoms with Crippen LogP contribution in [0.25, 0.3) is 0 Å². The predicted octanol–water partition coefficient (Wildman–Crippen LogP) is -3.46. The number of likely N-dealkylation sites (tertiary alicyclic amines) is 2. The van der Waals surface area contributed by atoms with Gasteiger partial charge in [0.25, 0.3) is 0 Å². The summed E-state index contributed by atoms with van der Waals surface area (Å²) in [5.41, 5.74) is 10.4. The van der Waals surface area contributed by atoms with E-state index in [0.29, 0.717) is 38.8 Å². The molecule has 0 aliphatic carbocycles. The molecular formula is C20H33N7O6. The summed E-state index contributed by atoms with van der Waals surface area (Å²) in [5, 5.41) is 7.53. The van der Waals surface area contributed by atoms with Crippen molar-refractivity contribution in [1.29, 1.82) is 0 Å². The van der Waals surface area contributed by atoms with E-state index < -0.39 is 53.7 Å². The highest BCUT2D eigenvalue weighted by Gasteiger charge is 2.37. The Balaban J connectivity index is 1.90. The highest BCUT2D eigenvalue weighted by atomic mass is 16.2. The van der Waals surface area contributed by atoms with E-state index in [1.165, 1.54) is 23.6 Å². The number of hydrogen-bond donors (Lipinski definition) is 5. The summed E-state index contributed by atoms with van der Waals surface area (Å²) in [5.74, 6) is -2.98. The van der Waals surface area contributed by atoms with Gasteiger partial charge in [-0.15, -0.1) is 0 Å². The number of rotatable bonds is 9. The normalized spacial score (nSPS) is 21.8. The lowest BCUT2D eigenvalue weighted by Gasteiger charge is -2.28. The molecule has 0 aromatic rings. The van der Waals surface area contributed by atoms with E-state index in [2.05, 4.69) is 16.0 Å². The van der Waals surface area contributed by atoms with Gasteiger partial charge in [-0.3, -0.25) is 28.8 Å². The van der Waals surface area contributed by atoms with Crippen LogP contribution < -0.4 is 27.4 Å². The molecule has 0 saturated carbocycles. The first-order chi connectivity index (χ1) is 15.6. The molecule has 7 N–H and O–H groups in total. The van der Waals surface area contributed by atoms with Crippen LogP contribution in [-0.4, -0.2) is 95.6 Å². The summed E-state index contributed by atoms with van der Waals surface area (Å²) in [6.45, 7) is 3.22. The standard InChI is InChI=1S/C20H33N7O6/c1-11(24-19(32)14-6-3-7-26(14)16(29)9-21)17(30)25-12(2)20(33)27-8-4-5-13(27)18(31)23-10-15(22)28/h11-14H,3-10,21H2,1-2H3,(H2,22,28)(H,23,31)(H,24,32)(H,25,30)/t11-,12-,13-,14-/m0/s1. The second-order valence-corrected chi connectivity index (χ2v) is 8.28. The molecule has 0 bridgehead atoms. The third-order valence-corrected chi connectivity index (χ3v) is 5.81. The minimum absolute atomic E-state index is 0.197. The Morgan fingerprint density at radius 3 is 2.03 bits per heavy atom. The molecule has 2 fully saturated rings. The van der Waals surface area contributed by atoms with E-state index in [0.717, 1.165) is 0 Å². The Morgan fingerprint density at radius 2 is 1.45 bits per heavy atom. The van der Waals surface area contributed by atoms with Crippen LogP contribution in [0, 0.1) is 0 Å². The fourth-order valence-electron chi connectivity index (χ4n) is 4.07. The average molecular weight is 468 g/mol. The molecule has 2 aliphatic rings. The lowest BCUT2D eigenvalue weighted by atomic mass is 10.1. The summed E-state index contributed by atoms with van der Waals surface area (Å²) >= 11 is 0. The number of carbonyl (C=O) groups is 6. The highest BCUT2D eigenvalue weighted by molar-refractivity contribution is 5.96. The van der Waals surface area contributed by atoms with Crippen molar-refractivity contribution in [3.63, 3.8) is 0 Å².